The molecular formula is C11H16N4O4. The van der Waals surface area contributed by atoms with Gasteiger partial charge in [-0.15, -0.1) is 5.10 Å². The molecule has 1 fully saturated rings. The topological polar surface area (TPSA) is 109 Å². The molecule has 0 saturated carbocycles. The number of aromatic nitrogens is 3. The maximum atomic E-state index is 12.0. The molecule has 19 heavy (non-hydrogen) atoms. The Kier molecular flexibility index (Phi) is 3.79. The van der Waals surface area contributed by atoms with Crippen molar-refractivity contribution in [1.82, 2.24) is 19.9 Å². The van der Waals surface area contributed by atoms with Crippen LogP contribution in [0, 0.1) is 5.92 Å². The van der Waals surface area contributed by atoms with Crippen LogP contribution >= 0.6 is 0 Å². The number of aliphatic hydroxyl groups excluding tert-OH is 1. The molecule has 0 radical (unpaired) electrons. The molecule has 0 bridgehead atoms. The predicted molar refractivity (Wildman–Crippen MR) is 63.3 cm³/mol. The van der Waals surface area contributed by atoms with E-state index >= 15 is 0 Å². The Labute approximate surface area is 109 Å². The molecule has 1 aliphatic rings. The van der Waals surface area contributed by atoms with E-state index in [4.69, 9.17) is 5.11 Å². The van der Waals surface area contributed by atoms with Gasteiger partial charge < -0.3 is 15.1 Å². The fourth-order valence-electron chi connectivity index (χ4n) is 1.99. The highest BCUT2D eigenvalue weighted by Gasteiger charge is 2.27. The van der Waals surface area contributed by atoms with E-state index in [-0.39, 0.29) is 24.1 Å². The number of carbonyl (C=O) groups is 2. The highest BCUT2D eigenvalue weighted by atomic mass is 16.4. The summed E-state index contributed by atoms with van der Waals surface area (Å²) >= 11 is 0. The maximum Gasteiger partial charge on any atom is 0.358 e. The van der Waals surface area contributed by atoms with Crippen molar-refractivity contribution in [2.45, 2.75) is 26.0 Å². The van der Waals surface area contributed by atoms with Crippen molar-refractivity contribution in [2.75, 3.05) is 13.1 Å². The van der Waals surface area contributed by atoms with Gasteiger partial charge in [0.25, 0.3) is 0 Å². The zero-order valence-corrected chi connectivity index (χ0v) is 10.6. The summed E-state index contributed by atoms with van der Waals surface area (Å²) in [6, 6.07) is 0. The number of carboxylic acid groups (broad SMARTS) is 1. The Hall–Kier alpha value is -1.96. The number of likely N-dealkylation sites (tertiary alicyclic amines) is 1. The third-order valence-electron chi connectivity index (χ3n) is 3.33. The number of nitrogens with zero attached hydrogens (tertiary/aromatic N) is 4. The summed E-state index contributed by atoms with van der Waals surface area (Å²) in [4.78, 5) is 24.2. The molecule has 8 heteroatoms. The van der Waals surface area contributed by atoms with Crippen LogP contribution in [0.3, 0.4) is 0 Å². The van der Waals surface area contributed by atoms with Gasteiger partial charge in [0, 0.05) is 13.1 Å². The standard InChI is InChI=1S/C11H16N4O4/c1-7-2-3-14(5-9(7)16)10(17)6-15-4-8(11(18)19)12-13-15/h4,7,9,16H,2-3,5-6H2,1H3,(H,18,19). The number of β-amino-alcohol motifs (C(OH)–C–C–N with tert-alkyl or cyclic N) is 1. The van der Waals surface area contributed by atoms with E-state index in [2.05, 4.69) is 10.3 Å². The minimum atomic E-state index is -1.18. The third-order valence-corrected chi connectivity index (χ3v) is 3.33. The van der Waals surface area contributed by atoms with Gasteiger partial charge in [-0.3, -0.25) is 4.79 Å². The van der Waals surface area contributed by atoms with E-state index in [0.717, 1.165) is 6.42 Å². The first kappa shape index (κ1) is 13.5. The van der Waals surface area contributed by atoms with Crippen LogP contribution in [0.5, 0.6) is 0 Å². The van der Waals surface area contributed by atoms with Gasteiger partial charge in [0.15, 0.2) is 5.69 Å². The second-order valence-corrected chi connectivity index (χ2v) is 4.78. The highest BCUT2D eigenvalue weighted by molar-refractivity contribution is 5.84. The number of hydrogen-bond donors (Lipinski definition) is 2. The minimum absolute atomic E-state index is 0.0681. The molecule has 2 rings (SSSR count). The number of carboxylic acids is 1. The van der Waals surface area contributed by atoms with E-state index in [0.29, 0.717) is 13.1 Å². The summed E-state index contributed by atoms with van der Waals surface area (Å²) in [7, 11) is 0. The SMILES string of the molecule is CC1CCN(C(=O)Cn2cc(C(=O)O)nn2)CC1O. The van der Waals surface area contributed by atoms with Crippen LogP contribution in [0.4, 0.5) is 0 Å². The van der Waals surface area contributed by atoms with E-state index in [1.165, 1.54) is 10.9 Å². The van der Waals surface area contributed by atoms with Crippen LogP contribution in [0.1, 0.15) is 23.8 Å². The van der Waals surface area contributed by atoms with Crippen molar-refractivity contribution < 1.29 is 19.8 Å². The third kappa shape index (κ3) is 3.08. The molecule has 0 spiro atoms. The molecular weight excluding hydrogens is 252 g/mol. The van der Waals surface area contributed by atoms with Crippen molar-refractivity contribution in [3.05, 3.63) is 11.9 Å². The van der Waals surface area contributed by atoms with Gasteiger partial charge in [-0.1, -0.05) is 12.1 Å². The molecule has 0 aliphatic carbocycles. The molecule has 0 aromatic carbocycles. The van der Waals surface area contributed by atoms with Crippen LogP contribution < -0.4 is 0 Å². The molecule has 1 aromatic rings. The summed E-state index contributed by atoms with van der Waals surface area (Å²) < 4.78 is 1.19. The summed E-state index contributed by atoms with van der Waals surface area (Å²) in [5.74, 6) is -1.19. The number of hydrogen-bond acceptors (Lipinski definition) is 5. The largest absolute Gasteiger partial charge is 0.476 e. The van der Waals surface area contributed by atoms with Crippen molar-refractivity contribution in [1.29, 1.82) is 0 Å². The van der Waals surface area contributed by atoms with Crippen molar-refractivity contribution in [2.24, 2.45) is 5.92 Å². The lowest BCUT2D eigenvalue weighted by atomic mass is 9.96. The zero-order valence-electron chi connectivity index (χ0n) is 10.6. The maximum absolute atomic E-state index is 12.0. The van der Waals surface area contributed by atoms with E-state index in [1.807, 2.05) is 6.92 Å². The van der Waals surface area contributed by atoms with Gasteiger partial charge in [0.1, 0.15) is 6.54 Å². The normalized spacial score (nSPS) is 23.4. The quantitative estimate of drug-likeness (QED) is 0.743. The second-order valence-electron chi connectivity index (χ2n) is 4.78. The first-order valence-corrected chi connectivity index (χ1v) is 6.06. The summed E-state index contributed by atoms with van der Waals surface area (Å²) in [5.41, 5.74) is -0.194. The molecule has 2 heterocycles. The fraction of sp³-hybridized carbons (Fsp3) is 0.636. The molecule has 1 amide bonds. The van der Waals surface area contributed by atoms with E-state index < -0.39 is 12.1 Å². The van der Waals surface area contributed by atoms with E-state index in [1.54, 1.807) is 4.90 Å². The van der Waals surface area contributed by atoms with Crippen molar-refractivity contribution in [3.63, 3.8) is 0 Å². The molecule has 8 nitrogen and oxygen atoms in total. The van der Waals surface area contributed by atoms with Gasteiger partial charge >= 0.3 is 5.97 Å². The molecule has 2 N–H and O–H groups in total. The molecule has 1 aromatic heterocycles. The summed E-state index contributed by atoms with van der Waals surface area (Å²) in [6.07, 6.45) is 1.46. The first-order valence-electron chi connectivity index (χ1n) is 6.06. The Morgan fingerprint density at radius 2 is 2.26 bits per heavy atom. The number of amides is 1. The molecule has 1 saturated heterocycles. The number of piperidine rings is 1. The van der Waals surface area contributed by atoms with Crippen molar-refractivity contribution >= 4 is 11.9 Å². The Bertz CT molecular complexity index is 487. The smallest absolute Gasteiger partial charge is 0.358 e. The van der Waals surface area contributed by atoms with E-state index in [9.17, 15) is 14.7 Å². The lowest BCUT2D eigenvalue weighted by molar-refractivity contribution is -0.136. The van der Waals surface area contributed by atoms with Crippen LogP contribution in [-0.2, 0) is 11.3 Å². The van der Waals surface area contributed by atoms with Crippen LogP contribution in [0.2, 0.25) is 0 Å². The van der Waals surface area contributed by atoms with Gasteiger partial charge in [-0.05, 0) is 12.3 Å². The monoisotopic (exact) mass is 268 g/mol. The van der Waals surface area contributed by atoms with Gasteiger partial charge in [-0.25, -0.2) is 9.48 Å². The van der Waals surface area contributed by atoms with Crippen LogP contribution in [0.25, 0.3) is 0 Å². The van der Waals surface area contributed by atoms with Gasteiger partial charge in [-0.2, -0.15) is 0 Å². The number of rotatable bonds is 3. The Morgan fingerprint density at radius 3 is 2.84 bits per heavy atom. The fourth-order valence-corrected chi connectivity index (χ4v) is 1.99. The lowest BCUT2D eigenvalue weighted by Crippen LogP contribution is -2.46. The number of carbonyl (C=O) groups excluding carboxylic acids is 1. The van der Waals surface area contributed by atoms with Crippen LogP contribution in [-0.4, -0.2) is 61.2 Å². The van der Waals surface area contributed by atoms with Gasteiger partial charge in [0.05, 0.1) is 12.3 Å². The average Bonchev–Trinajstić information content (AvgIpc) is 2.81. The summed E-state index contributed by atoms with van der Waals surface area (Å²) in [6.45, 7) is 2.78. The second kappa shape index (κ2) is 5.35. The van der Waals surface area contributed by atoms with Crippen molar-refractivity contribution in [3.8, 4) is 0 Å². The molecule has 2 unspecified atom stereocenters. The minimum Gasteiger partial charge on any atom is -0.476 e. The number of aliphatic hydroxyl groups is 1. The highest BCUT2D eigenvalue weighted by Crippen LogP contribution is 2.17. The first-order chi connectivity index (χ1) is 8.97. The summed E-state index contributed by atoms with van der Waals surface area (Å²) in [5, 5.41) is 25.5. The van der Waals surface area contributed by atoms with Crippen LogP contribution in [0.15, 0.2) is 6.20 Å². The molecule has 2 atom stereocenters. The van der Waals surface area contributed by atoms with Gasteiger partial charge in [0.2, 0.25) is 5.91 Å². The molecule has 104 valence electrons. The zero-order chi connectivity index (χ0) is 14.0. The Morgan fingerprint density at radius 1 is 1.53 bits per heavy atom. The lowest BCUT2D eigenvalue weighted by Gasteiger charge is -2.34. The number of aromatic carboxylic acids is 1. The Balaban J connectivity index is 1.95. The molecule has 1 aliphatic heterocycles. The predicted octanol–water partition coefficient (Wildman–Crippen LogP) is -0.794. The average molecular weight is 268 g/mol.